The molecule has 0 unspecified atom stereocenters. The minimum atomic E-state index is -3.94. The maximum Gasteiger partial charge on any atom is 0.338 e. The van der Waals surface area contributed by atoms with Gasteiger partial charge < -0.3 is 0 Å². The molecule has 9 heteroatoms. The van der Waals surface area contributed by atoms with E-state index in [0.29, 0.717) is 22.9 Å². The second-order valence-electron chi connectivity index (χ2n) is 5.08. The van der Waals surface area contributed by atoms with Crippen LogP contribution in [0.15, 0.2) is 35.4 Å². The highest BCUT2D eigenvalue weighted by Crippen LogP contribution is 2.34. The predicted molar refractivity (Wildman–Crippen MR) is 85.9 cm³/mol. The molecule has 0 fully saturated rings. The number of rotatable bonds is 3. The Bertz CT molecular complexity index is 878. The topological polar surface area (TPSA) is 75.5 Å². The van der Waals surface area contributed by atoms with E-state index in [2.05, 4.69) is 5.10 Å². The molecule has 0 saturated carbocycles. The number of urea groups is 1. The number of nitrogens with zero attached hydrogens (tertiary/aromatic N) is 4. The Kier molecular flexibility index (Phi) is 3.81. The van der Waals surface area contributed by atoms with Gasteiger partial charge in [0.25, 0.3) is 10.0 Å². The molecule has 0 aliphatic carbocycles. The van der Waals surface area contributed by atoms with Gasteiger partial charge in [-0.05, 0) is 19.1 Å². The zero-order valence-corrected chi connectivity index (χ0v) is 14.2. The quantitative estimate of drug-likeness (QED) is 0.847. The van der Waals surface area contributed by atoms with Gasteiger partial charge in [0.05, 0.1) is 29.1 Å². The smallest absolute Gasteiger partial charge is 0.295 e. The van der Waals surface area contributed by atoms with E-state index >= 15 is 0 Å². The summed E-state index contributed by atoms with van der Waals surface area (Å²) in [4.78, 5) is 14.0. The number of benzene rings is 1. The largest absolute Gasteiger partial charge is 0.338 e. The van der Waals surface area contributed by atoms with Gasteiger partial charge in [-0.25, -0.2) is 17.5 Å². The van der Waals surface area contributed by atoms with Crippen molar-refractivity contribution < 1.29 is 13.2 Å². The van der Waals surface area contributed by atoms with E-state index in [1.165, 1.54) is 17.2 Å². The number of carbonyl (C=O) groups excluding carboxylic acids is 1. The highest BCUT2D eigenvalue weighted by Gasteiger charge is 2.40. The lowest BCUT2D eigenvalue weighted by molar-refractivity contribution is 0.227. The number of halogens is 1. The van der Waals surface area contributed by atoms with Gasteiger partial charge in [-0.1, -0.05) is 23.7 Å². The summed E-state index contributed by atoms with van der Waals surface area (Å²) < 4.78 is 28.0. The molecule has 1 aliphatic heterocycles. The number of anilines is 1. The van der Waals surface area contributed by atoms with Crippen LogP contribution in [0.5, 0.6) is 0 Å². The van der Waals surface area contributed by atoms with Crippen LogP contribution in [0, 0.1) is 0 Å². The monoisotopic (exact) mass is 354 g/mol. The molecule has 7 nitrogen and oxygen atoms in total. The summed E-state index contributed by atoms with van der Waals surface area (Å²) in [7, 11) is -2.40. The molecule has 1 aromatic heterocycles. The van der Waals surface area contributed by atoms with Crippen LogP contribution in [0.4, 0.5) is 10.5 Å². The van der Waals surface area contributed by atoms with Crippen LogP contribution in [0.3, 0.4) is 0 Å². The standard InChI is InChI=1S/C14H15ClN4O3S/c1-3-18-12(10(15)8-16-18)9-19-14(20)17(2)11-6-4-5-7-13(11)23(19,21)22/h4-8H,3,9H2,1-2H3. The molecule has 1 aromatic carbocycles. The first-order valence-corrected chi connectivity index (χ1v) is 8.79. The molecular formula is C14H15ClN4O3S. The Labute approximate surface area is 139 Å². The predicted octanol–water partition coefficient (Wildman–Crippen LogP) is 2.32. The van der Waals surface area contributed by atoms with Crippen molar-refractivity contribution >= 4 is 33.3 Å². The lowest BCUT2D eigenvalue weighted by Crippen LogP contribution is -2.48. The molecule has 0 N–H and O–H groups in total. The molecule has 0 saturated heterocycles. The summed E-state index contributed by atoms with van der Waals surface area (Å²) in [6.45, 7) is 2.23. The van der Waals surface area contributed by atoms with E-state index in [4.69, 9.17) is 11.6 Å². The van der Waals surface area contributed by atoms with E-state index in [1.807, 2.05) is 6.92 Å². The minimum absolute atomic E-state index is 0.0980. The first-order chi connectivity index (χ1) is 10.9. The van der Waals surface area contributed by atoms with Crippen LogP contribution < -0.4 is 4.90 Å². The number of aryl methyl sites for hydroxylation is 1. The minimum Gasteiger partial charge on any atom is -0.295 e. The molecule has 0 atom stereocenters. The number of aromatic nitrogens is 2. The van der Waals surface area contributed by atoms with Crippen molar-refractivity contribution in [3.05, 3.63) is 41.2 Å². The zero-order valence-electron chi connectivity index (χ0n) is 12.6. The Morgan fingerprint density at radius 1 is 1.26 bits per heavy atom. The van der Waals surface area contributed by atoms with Crippen LogP contribution in [0.2, 0.25) is 5.02 Å². The lowest BCUT2D eigenvalue weighted by atomic mass is 10.3. The molecule has 0 spiro atoms. The third kappa shape index (κ3) is 2.38. The number of amides is 2. The fourth-order valence-corrected chi connectivity index (χ4v) is 4.33. The van der Waals surface area contributed by atoms with E-state index in [-0.39, 0.29) is 11.4 Å². The van der Waals surface area contributed by atoms with Gasteiger partial charge in [0.2, 0.25) is 0 Å². The number of hydrogen-bond acceptors (Lipinski definition) is 4. The van der Waals surface area contributed by atoms with Gasteiger partial charge in [0, 0.05) is 13.6 Å². The number of para-hydroxylation sites is 1. The molecule has 122 valence electrons. The third-order valence-corrected chi connectivity index (χ3v) is 5.87. The van der Waals surface area contributed by atoms with Crippen LogP contribution in [-0.4, -0.2) is 35.6 Å². The summed E-state index contributed by atoms with van der Waals surface area (Å²) in [5.74, 6) is 0. The van der Waals surface area contributed by atoms with E-state index < -0.39 is 16.1 Å². The summed E-state index contributed by atoms with van der Waals surface area (Å²) in [6, 6.07) is 5.78. The van der Waals surface area contributed by atoms with E-state index in [0.717, 1.165) is 4.31 Å². The molecule has 2 heterocycles. The van der Waals surface area contributed by atoms with Crippen molar-refractivity contribution in [1.82, 2.24) is 14.1 Å². The van der Waals surface area contributed by atoms with E-state index in [1.54, 1.807) is 29.9 Å². The Balaban J connectivity index is 2.10. The third-order valence-electron chi connectivity index (χ3n) is 3.79. The molecule has 0 radical (unpaired) electrons. The maximum atomic E-state index is 12.8. The van der Waals surface area contributed by atoms with Crippen LogP contribution in [0.1, 0.15) is 12.6 Å². The molecular weight excluding hydrogens is 340 g/mol. The highest BCUT2D eigenvalue weighted by molar-refractivity contribution is 7.90. The van der Waals surface area contributed by atoms with Crippen molar-refractivity contribution in [2.45, 2.75) is 24.9 Å². The second kappa shape index (κ2) is 5.54. The lowest BCUT2D eigenvalue weighted by Gasteiger charge is -2.34. The molecule has 3 rings (SSSR count). The zero-order chi connectivity index (χ0) is 16.8. The van der Waals surface area contributed by atoms with Gasteiger partial charge in [0.1, 0.15) is 4.90 Å². The molecule has 2 amide bonds. The normalized spacial score (nSPS) is 16.6. The summed E-state index contributed by atoms with van der Waals surface area (Å²) in [5.41, 5.74) is 0.850. The number of fused-ring (bicyclic) bond motifs is 1. The van der Waals surface area contributed by atoms with Gasteiger partial charge in [-0.2, -0.15) is 5.10 Å². The van der Waals surface area contributed by atoms with Gasteiger partial charge >= 0.3 is 6.03 Å². The van der Waals surface area contributed by atoms with Crippen molar-refractivity contribution in [2.75, 3.05) is 11.9 Å². The van der Waals surface area contributed by atoms with Crippen molar-refractivity contribution in [3.63, 3.8) is 0 Å². The number of carbonyl (C=O) groups is 1. The average molecular weight is 355 g/mol. The van der Waals surface area contributed by atoms with Crippen LogP contribution >= 0.6 is 11.6 Å². The summed E-state index contributed by atoms with van der Waals surface area (Å²) in [5, 5.41) is 4.40. The summed E-state index contributed by atoms with van der Waals surface area (Å²) >= 11 is 6.09. The first-order valence-electron chi connectivity index (χ1n) is 6.97. The Morgan fingerprint density at radius 3 is 2.65 bits per heavy atom. The highest BCUT2D eigenvalue weighted by atomic mass is 35.5. The Hall–Kier alpha value is -2.06. The molecule has 1 aliphatic rings. The summed E-state index contributed by atoms with van der Waals surface area (Å²) in [6.07, 6.45) is 1.44. The maximum absolute atomic E-state index is 12.8. The fourth-order valence-electron chi connectivity index (χ4n) is 2.55. The molecule has 2 aromatic rings. The fraction of sp³-hybridized carbons (Fsp3) is 0.286. The van der Waals surface area contributed by atoms with Gasteiger partial charge in [-0.3, -0.25) is 9.58 Å². The number of sulfonamides is 1. The average Bonchev–Trinajstić information content (AvgIpc) is 2.90. The van der Waals surface area contributed by atoms with Crippen LogP contribution in [0.25, 0.3) is 0 Å². The van der Waals surface area contributed by atoms with Crippen molar-refractivity contribution in [1.29, 1.82) is 0 Å². The second-order valence-corrected chi connectivity index (χ2v) is 7.31. The first kappa shape index (κ1) is 15.8. The van der Waals surface area contributed by atoms with Gasteiger partial charge in [-0.15, -0.1) is 0 Å². The number of hydrogen-bond donors (Lipinski definition) is 0. The molecule has 23 heavy (non-hydrogen) atoms. The van der Waals surface area contributed by atoms with Crippen molar-refractivity contribution in [2.24, 2.45) is 0 Å². The Morgan fingerprint density at radius 2 is 1.96 bits per heavy atom. The van der Waals surface area contributed by atoms with Gasteiger partial charge in [0.15, 0.2) is 0 Å². The van der Waals surface area contributed by atoms with Crippen LogP contribution in [-0.2, 0) is 23.1 Å². The van der Waals surface area contributed by atoms with E-state index in [9.17, 15) is 13.2 Å². The van der Waals surface area contributed by atoms with Crippen molar-refractivity contribution in [3.8, 4) is 0 Å². The molecule has 0 bridgehead atoms. The SMILES string of the molecule is CCn1ncc(Cl)c1CN1C(=O)N(C)c2ccccc2S1(=O)=O.